The molecule has 2 rings (SSSR count). The minimum absolute atomic E-state index is 0.0343. The lowest BCUT2D eigenvalue weighted by Gasteiger charge is -2.43. The second-order valence-electron chi connectivity index (χ2n) is 5.52. The molecular formula is C14H24N4. The summed E-state index contributed by atoms with van der Waals surface area (Å²) in [7, 11) is 4.28. The van der Waals surface area contributed by atoms with Crippen LogP contribution in [0.3, 0.4) is 0 Å². The Morgan fingerprint density at radius 2 is 1.83 bits per heavy atom. The molecule has 1 atom stereocenters. The fraction of sp³-hybridized carbons (Fsp3) is 0.714. The molecule has 4 nitrogen and oxygen atoms in total. The minimum Gasteiger partial charge on any atom is -0.321 e. The normalized spacial score (nSPS) is 21.6. The molecule has 1 aliphatic rings. The van der Waals surface area contributed by atoms with Crippen molar-refractivity contribution in [3.63, 3.8) is 0 Å². The molecule has 0 radical (unpaired) electrons. The molecule has 1 unspecified atom stereocenters. The molecular weight excluding hydrogens is 224 g/mol. The standard InChI is InChI=1S/C14H24N4/c1-18(2)14(7-5-3-4-6-8-14)13(15)12-11-16-9-10-17-12/h9-11,13H,3-8,15H2,1-2H3. The van der Waals surface area contributed by atoms with E-state index in [0.717, 1.165) is 18.5 Å². The molecule has 0 aliphatic heterocycles. The van der Waals surface area contributed by atoms with E-state index in [0.29, 0.717) is 0 Å². The number of nitrogens with two attached hydrogens (primary N) is 1. The highest BCUT2D eigenvalue weighted by Gasteiger charge is 2.40. The fourth-order valence-electron chi connectivity index (χ4n) is 3.12. The Hall–Kier alpha value is -1.00. The van der Waals surface area contributed by atoms with E-state index in [1.54, 1.807) is 18.6 Å². The molecule has 100 valence electrons. The van der Waals surface area contributed by atoms with Crippen LogP contribution in [0.5, 0.6) is 0 Å². The average molecular weight is 248 g/mol. The van der Waals surface area contributed by atoms with E-state index in [4.69, 9.17) is 5.73 Å². The summed E-state index contributed by atoms with van der Waals surface area (Å²) in [6, 6.07) is -0.0562. The van der Waals surface area contributed by atoms with Gasteiger partial charge in [-0.05, 0) is 26.9 Å². The zero-order chi connectivity index (χ0) is 13.0. The molecule has 1 aromatic rings. The molecule has 2 N–H and O–H groups in total. The van der Waals surface area contributed by atoms with E-state index in [1.165, 1.54) is 25.7 Å². The molecule has 1 heterocycles. The second kappa shape index (κ2) is 5.76. The predicted molar refractivity (Wildman–Crippen MR) is 73.1 cm³/mol. The Labute approximate surface area is 110 Å². The van der Waals surface area contributed by atoms with Gasteiger partial charge in [-0.15, -0.1) is 0 Å². The maximum atomic E-state index is 6.53. The van der Waals surface area contributed by atoms with Crippen LogP contribution in [0.1, 0.15) is 50.3 Å². The molecule has 0 aromatic carbocycles. The third kappa shape index (κ3) is 2.54. The number of hydrogen-bond donors (Lipinski definition) is 1. The maximum Gasteiger partial charge on any atom is 0.0772 e. The summed E-state index contributed by atoms with van der Waals surface area (Å²) in [4.78, 5) is 10.9. The van der Waals surface area contributed by atoms with Gasteiger partial charge in [-0.1, -0.05) is 25.7 Å². The van der Waals surface area contributed by atoms with Gasteiger partial charge in [0.05, 0.1) is 17.9 Å². The first-order valence-corrected chi connectivity index (χ1v) is 6.86. The van der Waals surface area contributed by atoms with E-state index < -0.39 is 0 Å². The Morgan fingerprint density at radius 1 is 1.17 bits per heavy atom. The summed E-state index contributed by atoms with van der Waals surface area (Å²) in [5, 5.41) is 0. The number of hydrogen-bond acceptors (Lipinski definition) is 4. The average Bonchev–Trinajstić information content (AvgIpc) is 2.65. The van der Waals surface area contributed by atoms with Gasteiger partial charge in [-0.3, -0.25) is 9.97 Å². The number of likely N-dealkylation sites (N-methyl/N-ethyl adjacent to an activating group) is 1. The molecule has 1 aromatic heterocycles. The monoisotopic (exact) mass is 248 g/mol. The summed E-state index contributed by atoms with van der Waals surface area (Å²) < 4.78 is 0. The van der Waals surface area contributed by atoms with Crippen LogP contribution in [0.15, 0.2) is 18.6 Å². The second-order valence-corrected chi connectivity index (χ2v) is 5.52. The van der Waals surface area contributed by atoms with Gasteiger partial charge in [-0.2, -0.15) is 0 Å². The van der Waals surface area contributed by atoms with Gasteiger partial charge in [0.1, 0.15) is 0 Å². The van der Waals surface area contributed by atoms with Gasteiger partial charge in [0.15, 0.2) is 0 Å². The summed E-state index contributed by atoms with van der Waals surface area (Å²) in [6.07, 6.45) is 12.7. The lowest BCUT2D eigenvalue weighted by Crippen LogP contribution is -2.52. The van der Waals surface area contributed by atoms with Crippen LogP contribution in [0.4, 0.5) is 0 Å². The van der Waals surface area contributed by atoms with Crippen LogP contribution in [-0.4, -0.2) is 34.5 Å². The summed E-state index contributed by atoms with van der Waals surface area (Å²) in [5.41, 5.74) is 7.48. The first-order chi connectivity index (χ1) is 8.67. The Kier molecular flexibility index (Phi) is 4.30. The van der Waals surface area contributed by atoms with E-state index in [-0.39, 0.29) is 11.6 Å². The van der Waals surface area contributed by atoms with Gasteiger partial charge in [-0.25, -0.2) is 0 Å². The van der Waals surface area contributed by atoms with Crippen molar-refractivity contribution in [1.82, 2.24) is 14.9 Å². The molecule has 1 saturated carbocycles. The quantitative estimate of drug-likeness (QED) is 0.833. The first kappa shape index (κ1) is 13.4. The van der Waals surface area contributed by atoms with Crippen molar-refractivity contribution in [3.8, 4) is 0 Å². The topological polar surface area (TPSA) is 55.0 Å². The lowest BCUT2D eigenvalue weighted by atomic mass is 9.80. The Balaban J connectivity index is 2.29. The van der Waals surface area contributed by atoms with Gasteiger partial charge in [0.2, 0.25) is 0 Å². The zero-order valence-electron chi connectivity index (χ0n) is 11.5. The zero-order valence-corrected chi connectivity index (χ0v) is 11.5. The van der Waals surface area contributed by atoms with Crippen molar-refractivity contribution < 1.29 is 0 Å². The number of nitrogens with zero attached hydrogens (tertiary/aromatic N) is 3. The van der Waals surface area contributed by atoms with Gasteiger partial charge >= 0.3 is 0 Å². The van der Waals surface area contributed by atoms with Crippen LogP contribution >= 0.6 is 0 Å². The summed E-state index contributed by atoms with van der Waals surface area (Å²) in [5.74, 6) is 0. The molecule has 4 heteroatoms. The number of rotatable bonds is 3. The lowest BCUT2D eigenvalue weighted by molar-refractivity contribution is 0.0951. The van der Waals surface area contributed by atoms with E-state index >= 15 is 0 Å². The fourth-order valence-corrected chi connectivity index (χ4v) is 3.12. The van der Waals surface area contributed by atoms with E-state index in [2.05, 4.69) is 29.0 Å². The van der Waals surface area contributed by atoms with Crippen molar-refractivity contribution in [1.29, 1.82) is 0 Å². The van der Waals surface area contributed by atoms with Crippen molar-refractivity contribution in [3.05, 3.63) is 24.3 Å². The summed E-state index contributed by atoms with van der Waals surface area (Å²) >= 11 is 0. The molecule has 0 bridgehead atoms. The maximum absolute atomic E-state index is 6.53. The van der Waals surface area contributed by atoms with Gasteiger partial charge < -0.3 is 10.6 Å². The molecule has 18 heavy (non-hydrogen) atoms. The molecule has 1 fully saturated rings. The molecule has 1 aliphatic carbocycles. The highest BCUT2D eigenvalue weighted by molar-refractivity contribution is 5.12. The highest BCUT2D eigenvalue weighted by Crippen LogP contribution is 2.38. The van der Waals surface area contributed by atoms with E-state index in [9.17, 15) is 0 Å². The van der Waals surface area contributed by atoms with Gasteiger partial charge in [0, 0.05) is 17.9 Å². The Morgan fingerprint density at radius 3 is 2.33 bits per heavy atom. The van der Waals surface area contributed by atoms with Crippen molar-refractivity contribution >= 4 is 0 Å². The van der Waals surface area contributed by atoms with Gasteiger partial charge in [0.25, 0.3) is 0 Å². The minimum atomic E-state index is -0.0562. The van der Waals surface area contributed by atoms with Crippen LogP contribution in [0.25, 0.3) is 0 Å². The van der Waals surface area contributed by atoms with Crippen LogP contribution in [0, 0.1) is 0 Å². The third-order valence-corrected chi connectivity index (χ3v) is 4.34. The highest BCUT2D eigenvalue weighted by atomic mass is 15.2. The molecule has 0 amide bonds. The Bertz CT molecular complexity index is 355. The summed E-state index contributed by atoms with van der Waals surface area (Å²) in [6.45, 7) is 0. The van der Waals surface area contributed by atoms with Crippen LogP contribution < -0.4 is 5.73 Å². The van der Waals surface area contributed by atoms with Crippen molar-refractivity contribution in [2.24, 2.45) is 5.73 Å². The van der Waals surface area contributed by atoms with Crippen molar-refractivity contribution in [2.45, 2.75) is 50.1 Å². The molecule has 0 saturated heterocycles. The van der Waals surface area contributed by atoms with E-state index in [1.807, 2.05) is 0 Å². The first-order valence-electron chi connectivity index (χ1n) is 6.86. The number of aromatic nitrogens is 2. The largest absolute Gasteiger partial charge is 0.321 e. The predicted octanol–water partition coefficient (Wildman–Crippen LogP) is 2.13. The SMILES string of the molecule is CN(C)C1(C(N)c2cnccn2)CCCCCC1. The molecule has 0 spiro atoms. The van der Waals surface area contributed by atoms with Crippen LogP contribution in [-0.2, 0) is 0 Å². The van der Waals surface area contributed by atoms with Crippen LogP contribution in [0.2, 0.25) is 0 Å². The van der Waals surface area contributed by atoms with Crippen molar-refractivity contribution in [2.75, 3.05) is 14.1 Å². The smallest absolute Gasteiger partial charge is 0.0772 e. The third-order valence-electron chi connectivity index (χ3n) is 4.34.